The van der Waals surface area contributed by atoms with Crippen molar-refractivity contribution < 1.29 is 4.79 Å². The highest BCUT2D eigenvalue weighted by molar-refractivity contribution is 7.09. The lowest BCUT2D eigenvalue weighted by Crippen LogP contribution is -2.31. The number of rotatable bonds is 7. The fourth-order valence-corrected chi connectivity index (χ4v) is 3.42. The molecule has 0 saturated heterocycles. The number of para-hydroxylation sites is 1. The summed E-state index contributed by atoms with van der Waals surface area (Å²) in [6.45, 7) is 5.26. The van der Waals surface area contributed by atoms with Gasteiger partial charge in [-0.05, 0) is 23.6 Å². The Morgan fingerprint density at radius 1 is 1.28 bits per heavy atom. The normalized spacial score (nSPS) is 10.7. The number of hydrogen-bond donors (Lipinski definition) is 0. The Morgan fingerprint density at radius 3 is 2.88 bits per heavy atom. The molecule has 2 heterocycles. The maximum Gasteiger partial charge on any atom is 0.225 e. The number of carbonyl (C=O) groups is 1. The summed E-state index contributed by atoms with van der Waals surface area (Å²) < 4.78 is 1.71. The molecule has 0 aliphatic rings. The summed E-state index contributed by atoms with van der Waals surface area (Å²) >= 11 is 1.63. The van der Waals surface area contributed by atoms with Crippen molar-refractivity contribution in [3.05, 3.63) is 75.7 Å². The number of nitrogens with zero attached hydrogens (tertiary/aromatic N) is 3. The molecule has 25 heavy (non-hydrogen) atoms. The molecule has 6 heteroatoms. The molecule has 3 aromatic rings. The summed E-state index contributed by atoms with van der Waals surface area (Å²) in [5.41, 5.74) is 0.639. The van der Waals surface area contributed by atoms with Crippen molar-refractivity contribution in [3.63, 3.8) is 0 Å². The van der Waals surface area contributed by atoms with Gasteiger partial charge in [0.1, 0.15) is 0 Å². The van der Waals surface area contributed by atoms with E-state index in [1.807, 2.05) is 35.7 Å². The summed E-state index contributed by atoms with van der Waals surface area (Å²) in [7, 11) is 0. The summed E-state index contributed by atoms with van der Waals surface area (Å²) in [6.07, 6.45) is 3.36. The predicted molar refractivity (Wildman–Crippen MR) is 101 cm³/mol. The molecule has 5 nitrogen and oxygen atoms in total. The molecule has 0 radical (unpaired) electrons. The van der Waals surface area contributed by atoms with Gasteiger partial charge >= 0.3 is 0 Å². The van der Waals surface area contributed by atoms with E-state index in [4.69, 9.17) is 0 Å². The Bertz CT molecular complexity index is 931. The van der Waals surface area contributed by atoms with Crippen molar-refractivity contribution in [1.29, 1.82) is 0 Å². The van der Waals surface area contributed by atoms with Crippen molar-refractivity contribution in [2.75, 3.05) is 6.54 Å². The highest BCUT2D eigenvalue weighted by atomic mass is 32.1. The first kappa shape index (κ1) is 17.1. The third kappa shape index (κ3) is 4.03. The molecule has 0 aliphatic heterocycles. The molecule has 1 aromatic carbocycles. The van der Waals surface area contributed by atoms with Crippen LogP contribution >= 0.6 is 11.3 Å². The molecule has 128 valence electrons. The lowest BCUT2D eigenvalue weighted by atomic mass is 10.2. The minimum absolute atomic E-state index is 0.0397. The molecule has 0 spiro atoms. The molecule has 0 aliphatic carbocycles. The van der Waals surface area contributed by atoms with Crippen molar-refractivity contribution in [3.8, 4) is 0 Å². The highest BCUT2D eigenvalue weighted by Crippen LogP contribution is 2.14. The monoisotopic (exact) mass is 353 g/mol. The first-order chi connectivity index (χ1) is 12.2. The van der Waals surface area contributed by atoms with Gasteiger partial charge in [-0.3, -0.25) is 14.3 Å². The van der Waals surface area contributed by atoms with Crippen LogP contribution in [0.4, 0.5) is 0 Å². The van der Waals surface area contributed by atoms with E-state index in [0.717, 1.165) is 10.4 Å². The van der Waals surface area contributed by atoms with Gasteiger partial charge in [0.2, 0.25) is 11.3 Å². The smallest absolute Gasteiger partial charge is 0.225 e. The van der Waals surface area contributed by atoms with E-state index >= 15 is 0 Å². The number of aryl methyl sites for hydroxylation is 1. The molecule has 0 atom stereocenters. The Morgan fingerprint density at radius 2 is 2.12 bits per heavy atom. The van der Waals surface area contributed by atoms with Crippen LogP contribution in [0.5, 0.6) is 0 Å². The summed E-state index contributed by atoms with van der Waals surface area (Å²) in [4.78, 5) is 27.4. The second kappa shape index (κ2) is 7.90. The van der Waals surface area contributed by atoms with Crippen LogP contribution in [-0.4, -0.2) is 27.1 Å². The fraction of sp³-hybridized carbons (Fsp3) is 0.211. The molecule has 0 unspecified atom stereocenters. The third-order valence-electron chi connectivity index (χ3n) is 3.93. The van der Waals surface area contributed by atoms with Crippen LogP contribution in [-0.2, 0) is 17.9 Å². The van der Waals surface area contributed by atoms with Gasteiger partial charge < -0.3 is 4.90 Å². The standard InChI is InChI=1S/C19H19N3O2S/c1-2-10-21(14-15-6-5-12-25-15)19(24)9-11-22-17-8-4-3-7-16(17)18(23)13-20-22/h2-8,12-13H,1,9-11,14H2. The number of benzene rings is 1. The molecule has 3 rings (SSSR count). The Hall–Kier alpha value is -2.73. The van der Waals surface area contributed by atoms with Crippen molar-refractivity contribution in [1.82, 2.24) is 14.7 Å². The van der Waals surface area contributed by atoms with Gasteiger partial charge in [-0.2, -0.15) is 5.10 Å². The van der Waals surface area contributed by atoms with Gasteiger partial charge in [-0.25, -0.2) is 0 Å². The summed E-state index contributed by atoms with van der Waals surface area (Å²) in [6, 6.07) is 11.3. The molecule has 0 bridgehead atoms. The molecule has 0 saturated carbocycles. The van der Waals surface area contributed by atoms with E-state index in [1.165, 1.54) is 6.20 Å². The second-order valence-electron chi connectivity index (χ2n) is 5.64. The van der Waals surface area contributed by atoms with Crippen molar-refractivity contribution in [2.24, 2.45) is 0 Å². The van der Waals surface area contributed by atoms with Gasteiger partial charge in [0.05, 0.1) is 24.8 Å². The molecule has 0 N–H and O–H groups in total. The molecule has 2 aromatic heterocycles. The van der Waals surface area contributed by atoms with Crippen LogP contribution in [0.15, 0.2) is 65.4 Å². The van der Waals surface area contributed by atoms with Crippen molar-refractivity contribution >= 4 is 28.1 Å². The maximum atomic E-state index is 12.6. The van der Waals surface area contributed by atoms with Gasteiger partial charge in [-0.1, -0.05) is 24.3 Å². The number of hydrogen-bond acceptors (Lipinski definition) is 4. The molecule has 0 fully saturated rings. The Labute approximate surface area is 149 Å². The largest absolute Gasteiger partial charge is 0.334 e. The molecular formula is C19H19N3O2S. The van der Waals surface area contributed by atoms with E-state index < -0.39 is 0 Å². The van der Waals surface area contributed by atoms with Crippen LogP contribution in [0, 0.1) is 0 Å². The van der Waals surface area contributed by atoms with Gasteiger partial charge in [0.25, 0.3) is 0 Å². The van der Waals surface area contributed by atoms with Gasteiger partial charge in [0.15, 0.2) is 0 Å². The number of amides is 1. The van der Waals surface area contributed by atoms with Gasteiger partial charge in [0, 0.05) is 23.2 Å². The number of fused-ring (bicyclic) bond motifs is 1. The minimum Gasteiger partial charge on any atom is -0.334 e. The topological polar surface area (TPSA) is 55.2 Å². The zero-order valence-corrected chi connectivity index (χ0v) is 14.6. The van der Waals surface area contributed by atoms with Crippen LogP contribution in [0.2, 0.25) is 0 Å². The lowest BCUT2D eigenvalue weighted by molar-refractivity contribution is -0.131. The van der Waals surface area contributed by atoms with Crippen LogP contribution in [0.1, 0.15) is 11.3 Å². The fourth-order valence-electron chi connectivity index (χ4n) is 2.70. The van der Waals surface area contributed by atoms with Crippen molar-refractivity contribution in [2.45, 2.75) is 19.5 Å². The van der Waals surface area contributed by atoms with Gasteiger partial charge in [-0.15, -0.1) is 17.9 Å². The van der Waals surface area contributed by atoms with E-state index in [2.05, 4.69) is 11.7 Å². The summed E-state index contributed by atoms with van der Waals surface area (Å²) in [5, 5.41) is 6.79. The molecular weight excluding hydrogens is 334 g/mol. The third-order valence-corrected chi connectivity index (χ3v) is 4.79. The Balaban J connectivity index is 1.73. The zero-order valence-electron chi connectivity index (χ0n) is 13.8. The average molecular weight is 353 g/mol. The van der Waals surface area contributed by atoms with Crippen LogP contribution in [0.25, 0.3) is 10.9 Å². The van der Waals surface area contributed by atoms with Crippen LogP contribution in [0.3, 0.4) is 0 Å². The maximum absolute atomic E-state index is 12.6. The van der Waals surface area contributed by atoms with E-state index in [0.29, 0.717) is 31.4 Å². The quantitative estimate of drug-likeness (QED) is 0.614. The van der Waals surface area contributed by atoms with E-state index in [9.17, 15) is 9.59 Å². The number of aromatic nitrogens is 2. The first-order valence-electron chi connectivity index (χ1n) is 8.05. The zero-order chi connectivity index (χ0) is 17.6. The summed E-state index contributed by atoms with van der Waals surface area (Å²) in [5.74, 6) is 0.0397. The van der Waals surface area contributed by atoms with Crippen LogP contribution < -0.4 is 5.43 Å². The van der Waals surface area contributed by atoms with E-state index in [1.54, 1.807) is 33.1 Å². The predicted octanol–water partition coefficient (Wildman–Crippen LogP) is 3.06. The highest BCUT2D eigenvalue weighted by Gasteiger charge is 2.14. The Kier molecular flexibility index (Phi) is 5.40. The lowest BCUT2D eigenvalue weighted by Gasteiger charge is -2.21. The van der Waals surface area contributed by atoms with E-state index in [-0.39, 0.29) is 11.3 Å². The SMILES string of the molecule is C=CCN(Cc1cccs1)C(=O)CCn1ncc(=O)c2ccccc21. The first-order valence-corrected chi connectivity index (χ1v) is 8.93. The second-order valence-corrected chi connectivity index (χ2v) is 6.67. The minimum atomic E-state index is -0.107. The number of carbonyl (C=O) groups excluding carboxylic acids is 1. The number of thiophene rings is 1. The average Bonchev–Trinajstić information content (AvgIpc) is 3.14. The molecule has 1 amide bonds.